The van der Waals surface area contributed by atoms with Crippen LogP contribution in [-0.2, 0) is 17.8 Å². The van der Waals surface area contributed by atoms with Gasteiger partial charge >= 0.3 is 0 Å². The highest BCUT2D eigenvalue weighted by atomic mass is 16.3. The fourth-order valence-corrected chi connectivity index (χ4v) is 1.49. The van der Waals surface area contributed by atoms with Gasteiger partial charge < -0.3 is 15.5 Å². The van der Waals surface area contributed by atoms with Crippen LogP contribution in [-0.4, -0.2) is 29.8 Å². The number of nitrogens with one attached hydrogen (secondary N) is 1. The molecular formula is C13H21NO3. The van der Waals surface area contributed by atoms with Gasteiger partial charge in [0.1, 0.15) is 0 Å². The molecular weight excluding hydrogens is 218 g/mol. The molecule has 0 saturated heterocycles. The van der Waals surface area contributed by atoms with Gasteiger partial charge in [-0.05, 0) is 30.5 Å². The molecule has 0 unspecified atom stereocenters. The normalized spacial score (nSPS) is 9.29. The largest absolute Gasteiger partial charge is 0.483 e. The first-order chi connectivity index (χ1) is 8.29. The number of carbonyl (C=O) groups is 1. The minimum atomic E-state index is -0.250. The average molecular weight is 239 g/mol. The monoisotopic (exact) mass is 239 g/mol. The minimum absolute atomic E-state index is 0.227. The Labute approximate surface area is 102 Å². The highest BCUT2D eigenvalue weighted by Gasteiger charge is 1.99. The number of hydrogen-bond donors (Lipinski definition) is 3. The van der Waals surface area contributed by atoms with Gasteiger partial charge in [0.15, 0.2) is 0 Å². The molecule has 4 heteroatoms. The van der Waals surface area contributed by atoms with E-state index in [0.717, 1.165) is 25.9 Å². The predicted molar refractivity (Wildman–Crippen MR) is 67.9 cm³/mol. The van der Waals surface area contributed by atoms with E-state index < -0.39 is 0 Å². The van der Waals surface area contributed by atoms with E-state index in [4.69, 9.17) is 15.0 Å². The van der Waals surface area contributed by atoms with E-state index in [-0.39, 0.29) is 13.1 Å². The van der Waals surface area contributed by atoms with Crippen molar-refractivity contribution in [3.8, 4) is 0 Å². The van der Waals surface area contributed by atoms with E-state index in [2.05, 4.69) is 24.4 Å². The van der Waals surface area contributed by atoms with Crippen molar-refractivity contribution >= 4 is 6.47 Å². The summed E-state index contributed by atoms with van der Waals surface area (Å²) in [6.07, 6.45) is 1.91. The van der Waals surface area contributed by atoms with E-state index in [1.807, 2.05) is 12.1 Å². The Morgan fingerprint density at radius 2 is 1.88 bits per heavy atom. The Hall–Kier alpha value is -1.39. The molecule has 17 heavy (non-hydrogen) atoms. The van der Waals surface area contributed by atoms with Gasteiger partial charge in [0.25, 0.3) is 6.47 Å². The summed E-state index contributed by atoms with van der Waals surface area (Å²) in [6, 6.07) is 8.27. The van der Waals surface area contributed by atoms with Crippen LogP contribution in [0.4, 0.5) is 0 Å². The molecule has 0 aliphatic carbocycles. The summed E-state index contributed by atoms with van der Waals surface area (Å²) in [5.41, 5.74) is 2.55. The van der Waals surface area contributed by atoms with Crippen molar-refractivity contribution in [2.45, 2.75) is 26.3 Å². The van der Waals surface area contributed by atoms with Crippen molar-refractivity contribution in [2.24, 2.45) is 0 Å². The second kappa shape index (κ2) is 11.1. The maximum atomic E-state index is 8.90. The van der Waals surface area contributed by atoms with Crippen LogP contribution < -0.4 is 5.32 Å². The van der Waals surface area contributed by atoms with Crippen molar-refractivity contribution in [3.05, 3.63) is 35.4 Å². The molecule has 0 atom stereocenters. The van der Waals surface area contributed by atoms with Gasteiger partial charge in [-0.3, -0.25) is 4.79 Å². The minimum Gasteiger partial charge on any atom is -0.483 e. The first-order valence-corrected chi connectivity index (χ1v) is 5.76. The molecule has 0 fully saturated rings. The first kappa shape index (κ1) is 15.6. The molecule has 96 valence electrons. The molecule has 0 aliphatic rings. The third-order valence-electron chi connectivity index (χ3n) is 2.24. The van der Waals surface area contributed by atoms with Crippen LogP contribution in [0.5, 0.6) is 0 Å². The van der Waals surface area contributed by atoms with Gasteiger partial charge in [-0.25, -0.2) is 0 Å². The standard InChI is InChI=1S/C12H19NO.CH2O2/c1-2-8-13-10-12-6-4-3-5-11(12)7-9-14;2-1-3/h3-6,13-14H,2,7-10H2,1H3;1H,(H,2,3). The molecule has 0 saturated carbocycles. The molecule has 0 spiro atoms. The highest BCUT2D eigenvalue weighted by Crippen LogP contribution is 2.08. The Balaban J connectivity index is 0.000000770. The topological polar surface area (TPSA) is 69.6 Å². The van der Waals surface area contributed by atoms with E-state index in [1.165, 1.54) is 11.1 Å². The summed E-state index contributed by atoms with van der Waals surface area (Å²) in [4.78, 5) is 8.36. The van der Waals surface area contributed by atoms with E-state index >= 15 is 0 Å². The molecule has 0 amide bonds. The Morgan fingerprint density at radius 3 is 2.41 bits per heavy atom. The van der Waals surface area contributed by atoms with Gasteiger partial charge in [-0.15, -0.1) is 0 Å². The summed E-state index contributed by atoms with van der Waals surface area (Å²) < 4.78 is 0. The van der Waals surface area contributed by atoms with Gasteiger partial charge in [-0.1, -0.05) is 31.2 Å². The molecule has 1 aromatic carbocycles. The van der Waals surface area contributed by atoms with Crippen LogP contribution in [0.15, 0.2) is 24.3 Å². The maximum Gasteiger partial charge on any atom is 0.290 e. The van der Waals surface area contributed by atoms with Crippen LogP contribution in [0.25, 0.3) is 0 Å². The number of benzene rings is 1. The predicted octanol–water partition coefficient (Wildman–Crippen LogP) is 1.42. The van der Waals surface area contributed by atoms with Crippen molar-refractivity contribution in [1.82, 2.24) is 5.32 Å². The molecule has 0 bridgehead atoms. The van der Waals surface area contributed by atoms with E-state index in [9.17, 15) is 0 Å². The maximum absolute atomic E-state index is 8.90. The molecule has 1 aromatic rings. The Kier molecular flexibility index (Phi) is 10.2. The third kappa shape index (κ3) is 7.49. The fourth-order valence-electron chi connectivity index (χ4n) is 1.49. The molecule has 0 radical (unpaired) electrons. The Morgan fingerprint density at radius 1 is 1.29 bits per heavy atom. The van der Waals surface area contributed by atoms with Gasteiger partial charge in [0.05, 0.1) is 0 Å². The summed E-state index contributed by atoms with van der Waals surface area (Å²) in [5.74, 6) is 0. The first-order valence-electron chi connectivity index (χ1n) is 5.76. The molecule has 0 aromatic heterocycles. The molecule has 3 N–H and O–H groups in total. The lowest BCUT2D eigenvalue weighted by Gasteiger charge is -2.08. The lowest BCUT2D eigenvalue weighted by Crippen LogP contribution is -2.15. The van der Waals surface area contributed by atoms with Crippen molar-refractivity contribution in [1.29, 1.82) is 0 Å². The molecule has 1 rings (SSSR count). The van der Waals surface area contributed by atoms with Crippen LogP contribution in [0.2, 0.25) is 0 Å². The number of aliphatic hydroxyl groups excluding tert-OH is 1. The van der Waals surface area contributed by atoms with E-state index in [0.29, 0.717) is 0 Å². The third-order valence-corrected chi connectivity index (χ3v) is 2.24. The quantitative estimate of drug-likeness (QED) is 0.519. The second-order valence-corrected chi connectivity index (χ2v) is 3.52. The molecule has 0 aliphatic heterocycles. The number of carboxylic acid groups (broad SMARTS) is 1. The van der Waals surface area contributed by atoms with Crippen LogP contribution in [0.3, 0.4) is 0 Å². The van der Waals surface area contributed by atoms with Gasteiger partial charge in [-0.2, -0.15) is 0 Å². The smallest absolute Gasteiger partial charge is 0.290 e. The number of hydrogen-bond acceptors (Lipinski definition) is 3. The SMILES string of the molecule is CCCNCc1ccccc1CCO.O=CO. The zero-order valence-electron chi connectivity index (χ0n) is 10.2. The lowest BCUT2D eigenvalue weighted by molar-refractivity contribution is -0.122. The summed E-state index contributed by atoms with van der Waals surface area (Å²) in [5, 5.41) is 19.2. The summed E-state index contributed by atoms with van der Waals surface area (Å²) in [7, 11) is 0. The Bertz CT molecular complexity index is 302. The van der Waals surface area contributed by atoms with Crippen molar-refractivity contribution in [3.63, 3.8) is 0 Å². The van der Waals surface area contributed by atoms with Gasteiger partial charge in [0.2, 0.25) is 0 Å². The highest BCUT2D eigenvalue weighted by molar-refractivity contribution is 5.32. The second-order valence-electron chi connectivity index (χ2n) is 3.52. The number of rotatable bonds is 6. The fraction of sp³-hybridized carbons (Fsp3) is 0.462. The van der Waals surface area contributed by atoms with Crippen LogP contribution >= 0.6 is 0 Å². The molecule has 4 nitrogen and oxygen atoms in total. The van der Waals surface area contributed by atoms with Crippen molar-refractivity contribution < 1.29 is 15.0 Å². The zero-order valence-corrected chi connectivity index (χ0v) is 10.2. The van der Waals surface area contributed by atoms with Crippen LogP contribution in [0.1, 0.15) is 24.5 Å². The lowest BCUT2D eigenvalue weighted by atomic mass is 10.1. The van der Waals surface area contributed by atoms with Crippen molar-refractivity contribution in [2.75, 3.05) is 13.2 Å². The summed E-state index contributed by atoms with van der Waals surface area (Å²) >= 11 is 0. The molecule has 0 heterocycles. The summed E-state index contributed by atoms with van der Waals surface area (Å²) in [6.45, 7) is 4.09. The van der Waals surface area contributed by atoms with E-state index in [1.54, 1.807) is 0 Å². The van der Waals surface area contributed by atoms with Gasteiger partial charge in [0, 0.05) is 13.2 Å². The number of aliphatic hydroxyl groups is 1. The average Bonchev–Trinajstić information content (AvgIpc) is 2.33. The van der Waals surface area contributed by atoms with Crippen LogP contribution in [0, 0.1) is 0 Å². The zero-order chi connectivity index (χ0) is 12.9.